The molecule has 2 heteroatoms. The van der Waals surface area contributed by atoms with Crippen LogP contribution in [-0.4, -0.2) is 6.17 Å². The first-order valence-corrected chi connectivity index (χ1v) is 5.01. The van der Waals surface area contributed by atoms with E-state index in [0.717, 1.165) is 6.42 Å². The molecule has 0 aromatic heterocycles. The summed E-state index contributed by atoms with van der Waals surface area (Å²) in [4.78, 5) is 0. The smallest absolute Gasteiger partial charge is 0.125 e. The van der Waals surface area contributed by atoms with Crippen molar-refractivity contribution in [2.45, 2.75) is 33.4 Å². The van der Waals surface area contributed by atoms with Crippen molar-refractivity contribution in [2.75, 3.05) is 0 Å². The molecule has 0 saturated carbocycles. The van der Waals surface area contributed by atoms with E-state index in [4.69, 9.17) is 11.6 Å². The summed E-state index contributed by atoms with van der Waals surface area (Å²) in [6.45, 7) is 9.30. The van der Waals surface area contributed by atoms with Crippen LogP contribution in [0.4, 0.5) is 4.39 Å². The van der Waals surface area contributed by atoms with Crippen molar-refractivity contribution >= 4 is 11.6 Å². The molecule has 13 heavy (non-hydrogen) atoms. The Hall–Kier alpha value is -0.300. The molecule has 0 N–H and O–H groups in total. The van der Waals surface area contributed by atoms with E-state index in [-0.39, 0.29) is 5.92 Å². The third kappa shape index (κ3) is 4.47. The van der Waals surface area contributed by atoms with Gasteiger partial charge in [0.25, 0.3) is 0 Å². The average Bonchev–Trinajstić information content (AvgIpc) is 2.11. The van der Waals surface area contributed by atoms with Crippen LogP contribution in [0, 0.1) is 11.8 Å². The lowest BCUT2D eigenvalue weighted by Gasteiger charge is -2.21. The van der Waals surface area contributed by atoms with Crippen molar-refractivity contribution in [3.8, 4) is 0 Å². The van der Waals surface area contributed by atoms with Gasteiger partial charge >= 0.3 is 0 Å². The third-order valence-corrected chi connectivity index (χ3v) is 2.44. The van der Waals surface area contributed by atoms with Gasteiger partial charge in [0.2, 0.25) is 0 Å². The summed E-state index contributed by atoms with van der Waals surface area (Å²) in [5.74, 6) is 0.154. The van der Waals surface area contributed by atoms with E-state index < -0.39 is 6.17 Å². The fourth-order valence-electron chi connectivity index (χ4n) is 1.26. The van der Waals surface area contributed by atoms with E-state index in [1.807, 2.05) is 13.8 Å². The van der Waals surface area contributed by atoms with Crippen molar-refractivity contribution in [1.29, 1.82) is 0 Å². The zero-order chi connectivity index (χ0) is 10.4. The Morgan fingerprint density at radius 2 is 2.15 bits per heavy atom. The van der Waals surface area contributed by atoms with Gasteiger partial charge in [-0.3, -0.25) is 0 Å². The van der Waals surface area contributed by atoms with Crippen LogP contribution in [-0.2, 0) is 0 Å². The highest BCUT2D eigenvalue weighted by atomic mass is 35.5. The van der Waals surface area contributed by atoms with Crippen molar-refractivity contribution < 1.29 is 4.39 Å². The van der Waals surface area contributed by atoms with Crippen LogP contribution in [0.3, 0.4) is 0 Å². The normalized spacial score (nSPS) is 19.3. The second-order valence-electron chi connectivity index (χ2n) is 3.40. The molecule has 2 unspecified atom stereocenters. The highest BCUT2D eigenvalue weighted by Gasteiger charge is 2.21. The molecule has 0 bridgehead atoms. The molecule has 0 aromatic rings. The quantitative estimate of drug-likeness (QED) is 0.586. The summed E-state index contributed by atoms with van der Waals surface area (Å²) in [6, 6.07) is 0. The van der Waals surface area contributed by atoms with E-state index in [9.17, 15) is 4.39 Å². The predicted octanol–water partition coefficient (Wildman–Crippen LogP) is 4.32. The minimum Gasteiger partial charge on any atom is -0.242 e. The fraction of sp³-hybridized carbons (Fsp3) is 0.636. The summed E-state index contributed by atoms with van der Waals surface area (Å²) in [5.41, 5.74) is 0. The predicted molar refractivity (Wildman–Crippen MR) is 57.6 cm³/mol. The van der Waals surface area contributed by atoms with Crippen molar-refractivity contribution in [2.24, 2.45) is 11.8 Å². The highest BCUT2D eigenvalue weighted by molar-refractivity contribution is 6.29. The van der Waals surface area contributed by atoms with Gasteiger partial charge in [0.1, 0.15) is 6.17 Å². The van der Waals surface area contributed by atoms with Gasteiger partial charge in [0.05, 0.1) is 0 Å². The van der Waals surface area contributed by atoms with E-state index in [1.165, 1.54) is 6.08 Å². The van der Waals surface area contributed by atoms with Crippen LogP contribution in [0.5, 0.6) is 0 Å². The Morgan fingerprint density at radius 1 is 1.62 bits per heavy atom. The molecule has 76 valence electrons. The summed E-state index contributed by atoms with van der Waals surface area (Å²) < 4.78 is 13.4. The third-order valence-electron chi connectivity index (χ3n) is 2.32. The SMILES string of the molecule is C=CC(F)[C@H](/C=C(\C)Cl)C(C)CC. The number of halogens is 2. The van der Waals surface area contributed by atoms with Gasteiger partial charge < -0.3 is 0 Å². The molecule has 0 amide bonds. The fourth-order valence-corrected chi connectivity index (χ4v) is 1.41. The molecule has 0 spiro atoms. The first-order valence-electron chi connectivity index (χ1n) is 4.63. The zero-order valence-corrected chi connectivity index (χ0v) is 9.31. The second-order valence-corrected chi connectivity index (χ2v) is 3.99. The summed E-state index contributed by atoms with van der Waals surface area (Å²) >= 11 is 5.73. The van der Waals surface area contributed by atoms with Crippen LogP contribution < -0.4 is 0 Å². The molecular weight excluding hydrogens is 187 g/mol. The van der Waals surface area contributed by atoms with E-state index in [2.05, 4.69) is 6.58 Å². The molecule has 0 rings (SSSR count). The summed E-state index contributed by atoms with van der Waals surface area (Å²) in [6.07, 6.45) is 3.07. The summed E-state index contributed by atoms with van der Waals surface area (Å²) in [7, 11) is 0. The molecule has 0 heterocycles. The number of alkyl halides is 1. The molecule has 0 saturated heterocycles. The minimum absolute atomic E-state index is 0.139. The molecule has 0 nitrogen and oxygen atoms in total. The first-order chi connectivity index (χ1) is 6.02. The van der Waals surface area contributed by atoms with Crippen molar-refractivity contribution in [1.82, 2.24) is 0 Å². The lowest BCUT2D eigenvalue weighted by molar-refractivity contribution is 0.253. The largest absolute Gasteiger partial charge is 0.242 e. The summed E-state index contributed by atoms with van der Waals surface area (Å²) in [5, 5.41) is 0.648. The molecule has 0 aliphatic rings. The lowest BCUT2D eigenvalue weighted by atomic mass is 9.87. The van der Waals surface area contributed by atoms with Crippen molar-refractivity contribution in [3.63, 3.8) is 0 Å². The Bertz CT molecular complexity index is 183. The van der Waals surface area contributed by atoms with Gasteiger partial charge in [-0.05, 0) is 12.8 Å². The number of allylic oxidation sites excluding steroid dienone is 3. The number of hydrogen-bond acceptors (Lipinski definition) is 0. The van der Waals surface area contributed by atoms with Gasteiger partial charge in [0.15, 0.2) is 0 Å². The monoisotopic (exact) mass is 204 g/mol. The van der Waals surface area contributed by atoms with Gasteiger partial charge in [-0.25, -0.2) is 4.39 Å². The van der Waals surface area contributed by atoms with Gasteiger partial charge in [-0.15, -0.1) is 6.58 Å². The second kappa shape index (κ2) is 6.20. The van der Waals surface area contributed by atoms with E-state index >= 15 is 0 Å². The molecular formula is C11H18ClF. The molecule has 0 fully saturated rings. The average molecular weight is 205 g/mol. The van der Waals surface area contributed by atoms with E-state index in [0.29, 0.717) is 11.0 Å². The van der Waals surface area contributed by atoms with Crippen LogP contribution in [0.2, 0.25) is 0 Å². The molecule has 0 aliphatic heterocycles. The maximum Gasteiger partial charge on any atom is 0.125 e. The maximum atomic E-state index is 13.4. The Morgan fingerprint density at radius 3 is 2.46 bits per heavy atom. The van der Waals surface area contributed by atoms with Gasteiger partial charge in [-0.1, -0.05) is 44.0 Å². The van der Waals surface area contributed by atoms with Crippen LogP contribution in [0.1, 0.15) is 27.2 Å². The number of hydrogen-bond donors (Lipinski definition) is 0. The zero-order valence-electron chi connectivity index (χ0n) is 8.56. The van der Waals surface area contributed by atoms with E-state index in [1.54, 1.807) is 13.0 Å². The lowest BCUT2D eigenvalue weighted by Crippen LogP contribution is -2.19. The molecule has 3 atom stereocenters. The minimum atomic E-state index is -0.997. The topological polar surface area (TPSA) is 0 Å². The number of rotatable bonds is 5. The molecule has 0 radical (unpaired) electrons. The first kappa shape index (κ1) is 12.7. The van der Waals surface area contributed by atoms with Crippen LogP contribution in [0.15, 0.2) is 23.8 Å². The molecule has 0 aromatic carbocycles. The van der Waals surface area contributed by atoms with Gasteiger partial charge in [0, 0.05) is 11.0 Å². The maximum absolute atomic E-state index is 13.4. The highest BCUT2D eigenvalue weighted by Crippen LogP contribution is 2.25. The standard InChI is InChI=1S/C11H18ClF/c1-5-8(3)10(7-9(4)12)11(13)6-2/h6-8,10-11H,2,5H2,1,3-4H3/b9-7+/t8?,10-,11?/m1/s1. The van der Waals surface area contributed by atoms with Crippen LogP contribution >= 0.6 is 11.6 Å². The molecule has 0 aliphatic carbocycles. The van der Waals surface area contributed by atoms with Crippen molar-refractivity contribution in [3.05, 3.63) is 23.8 Å². The Balaban J connectivity index is 4.54. The van der Waals surface area contributed by atoms with Gasteiger partial charge in [-0.2, -0.15) is 0 Å². The Labute approximate surface area is 85.5 Å². The van der Waals surface area contributed by atoms with Crippen LogP contribution in [0.25, 0.3) is 0 Å². The Kier molecular flexibility index (Phi) is 6.06.